The smallest absolute Gasteiger partial charge is 0.258 e. The summed E-state index contributed by atoms with van der Waals surface area (Å²) in [4.78, 5) is 10.2. The normalized spacial score (nSPS) is 11.6. The van der Waals surface area contributed by atoms with Crippen LogP contribution in [0.5, 0.6) is 0 Å². The Bertz CT molecular complexity index is 758. The highest BCUT2D eigenvalue weighted by Crippen LogP contribution is 2.21. The fourth-order valence-corrected chi connectivity index (χ4v) is 3.73. The molecule has 0 saturated carbocycles. The first-order chi connectivity index (χ1) is 10.9. The van der Waals surface area contributed by atoms with Crippen molar-refractivity contribution in [3.05, 3.63) is 70.3 Å². The van der Waals surface area contributed by atoms with E-state index in [1.807, 2.05) is 37.3 Å². The van der Waals surface area contributed by atoms with Gasteiger partial charge in [-0.1, -0.05) is 37.3 Å². The van der Waals surface area contributed by atoms with E-state index in [2.05, 4.69) is 0 Å². The summed E-state index contributed by atoms with van der Waals surface area (Å²) in [5.74, 6) is 0. The fourth-order valence-electron chi connectivity index (χ4n) is 2.21. The van der Waals surface area contributed by atoms with Gasteiger partial charge in [-0.3, -0.25) is 10.1 Å². The summed E-state index contributed by atoms with van der Waals surface area (Å²) in [6.45, 7) is 2.56. The van der Waals surface area contributed by atoms with Gasteiger partial charge in [-0.2, -0.15) is 4.31 Å². The number of non-ortho nitro benzene ring substituents is 1. The standard InChI is InChI=1S/C16H18N2O4S/c1-2-12-17(13-14-6-4-3-5-7-14)23(21,22)16-10-8-15(9-11-16)18(19)20/h3-11H,2,12-13H2,1H3. The zero-order valence-electron chi connectivity index (χ0n) is 12.8. The maximum absolute atomic E-state index is 12.8. The summed E-state index contributed by atoms with van der Waals surface area (Å²) in [5.41, 5.74) is 0.764. The highest BCUT2D eigenvalue weighted by molar-refractivity contribution is 7.89. The van der Waals surface area contributed by atoms with Gasteiger partial charge >= 0.3 is 0 Å². The summed E-state index contributed by atoms with van der Waals surface area (Å²) in [6.07, 6.45) is 0.680. The lowest BCUT2D eigenvalue weighted by Gasteiger charge is -2.21. The Morgan fingerprint density at radius 1 is 1.04 bits per heavy atom. The van der Waals surface area contributed by atoms with E-state index in [4.69, 9.17) is 0 Å². The highest BCUT2D eigenvalue weighted by atomic mass is 32.2. The summed E-state index contributed by atoms with van der Waals surface area (Å²) < 4.78 is 26.9. The van der Waals surface area contributed by atoms with Crippen LogP contribution in [0.4, 0.5) is 5.69 Å². The number of nitrogens with zero attached hydrogens (tertiary/aromatic N) is 2. The van der Waals surface area contributed by atoms with Crippen LogP contribution in [0.3, 0.4) is 0 Å². The third kappa shape index (κ3) is 4.14. The topological polar surface area (TPSA) is 80.5 Å². The molecule has 0 aliphatic carbocycles. The molecule has 0 radical (unpaired) electrons. The maximum Gasteiger partial charge on any atom is 0.269 e. The second-order valence-corrected chi connectivity index (χ2v) is 7.01. The molecule has 0 N–H and O–H groups in total. The van der Waals surface area contributed by atoms with E-state index in [1.54, 1.807) is 0 Å². The van der Waals surface area contributed by atoms with Crippen molar-refractivity contribution in [3.8, 4) is 0 Å². The molecule has 6 nitrogen and oxygen atoms in total. The molecule has 0 saturated heterocycles. The van der Waals surface area contributed by atoms with Crippen LogP contribution in [0, 0.1) is 10.1 Å². The van der Waals surface area contributed by atoms with E-state index in [1.165, 1.54) is 28.6 Å². The van der Waals surface area contributed by atoms with Crippen LogP contribution in [0.15, 0.2) is 59.5 Å². The Morgan fingerprint density at radius 2 is 1.65 bits per heavy atom. The molecule has 0 aromatic heterocycles. The quantitative estimate of drug-likeness (QED) is 0.575. The second kappa shape index (κ2) is 7.34. The Morgan fingerprint density at radius 3 is 2.17 bits per heavy atom. The van der Waals surface area contributed by atoms with Crippen LogP contribution in [-0.4, -0.2) is 24.2 Å². The predicted molar refractivity (Wildman–Crippen MR) is 87.4 cm³/mol. The lowest BCUT2D eigenvalue weighted by molar-refractivity contribution is -0.384. The van der Waals surface area contributed by atoms with Crippen molar-refractivity contribution >= 4 is 15.7 Å². The van der Waals surface area contributed by atoms with Crippen molar-refractivity contribution in [3.63, 3.8) is 0 Å². The SMILES string of the molecule is CCCN(Cc1ccccc1)S(=O)(=O)c1ccc([N+](=O)[O-])cc1. The molecule has 0 fully saturated rings. The van der Waals surface area contributed by atoms with E-state index in [9.17, 15) is 18.5 Å². The van der Waals surface area contributed by atoms with E-state index in [0.29, 0.717) is 13.0 Å². The molecule has 7 heteroatoms. The van der Waals surface area contributed by atoms with Crippen molar-refractivity contribution in [1.82, 2.24) is 4.31 Å². The Kier molecular flexibility index (Phi) is 5.46. The number of rotatable bonds is 7. The van der Waals surface area contributed by atoms with Gasteiger partial charge in [0.05, 0.1) is 9.82 Å². The highest BCUT2D eigenvalue weighted by Gasteiger charge is 2.24. The minimum Gasteiger partial charge on any atom is -0.258 e. The lowest BCUT2D eigenvalue weighted by Crippen LogP contribution is -2.31. The summed E-state index contributed by atoms with van der Waals surface area (Å²) in [5, 5.41) is 10.7. The van der Waals surface area contributed by atoms with Gasteiger partial charge in [0, 0.05) is 25.2 Å². The summed E-state index contributed by atoms with van der Waals surface area (Å²) in [6, 6.07) is 14.3. The number of nitro benzene ring substituents is 1. The zero-order valence-corrected chi connectivity index (χ0v) is 13.6. The van der Waals surface area contributed by atoms with Crippen LogP contribution in [0.2, 0.25) is 0 Å². The third-order valence-corrected chi connectivity index (χ3v) is 5.22. The molecule has 0 bridgehead atoms. The molecule has 0 aliphatic rings. The van der Waals surface area contributed by atoms with Gasteiger partial charge in [-0.15, -0.1) is 0 Å². The monoisotopic (exact) mass is 334 g/mol. The van der Waals surface area contributed by atoms with Crippen molar-refractivity contribution in [2.75, 3.05) is 6.54 Å². The maximum atomic E-state index is 12.8. The average molecular weight is 334 g/mol. The molecular weight excluding hydrogens is 316 g/mol. The van der Waals surface area contributed by atoms with Gasteiger partial charge in [0.15, 0.2) is 0 Å². The Hall–Kier alpha value is -2.25. The Labute approximate surface area is 135 Å². The zero-order chi connectivity index (χ0) is 16.9. The van der Waals surface area contributed by atoms with E-state index < -0.39 is 14.9 Å². The third-order valence-electron chi connectivity index (χ3n) is 3.36. The van der Waals surface area contributed by atoms with Gasteiger partial charge in [-0.05, 0) is 24.1 Å². The fraction of sp³-hybridized carbons (Fsp3) is 0.250. The molecule has 2 aromatic rings. The molecule has 0 amide bonds. The minimum absolute atomic E-state index is 0.0625. The summed E-state index contributed by atoms with van der Waals surface area (Å²) in [7, 11) is -3.69. The van der Waals surface area contributed by atoms with Crippen LogP contribution >= 0.6 is 0 Å². The number of hydrogen-bond donors (Lipinski definition) is 0. The summed E-state index contributed by atoms with van der Waals surface area (Å²) >= 11 is 0. The molecule has 0 atom stereocenters. The molecule has 0 heterocycles. The van der Waals surface area contributed by atoms with Gasteiger partial charge in [0.2, 0.25) is 10.0 Å². The molecule has 122 valence electrons. The number of nitro groups is 1. The molecule has 0 unspecified atom stereocenters. The molecule has 23 heavy (non-hydrogen) atoms. The molecule has 2 rings (SSSR count). The van der Waals surface area contributed by atoms with Crippen molar-refractivity contribution < 1.29 is 13.3 Å². The molecular formula is C16H18N2O4S. The van der Waals surface area contributed by atoms with Crippen LogP contribution in [0.25, 0.3) is 0 Å². The van der Waals surface area contributed by atoms with Crippen molar-refractivity contribution in [2.45, 2.75) is 24.8 Å². The average Bonchev–Trinajstić information content (AvgIpc) is 2.55. The lowest BCUT2D eigenvalue weighted by atomic mass is 10.2. The first kappa shape index (κ1) is 17.1. The molecule has 0 spiro atoms. The number of benzene rings is 2. The predicted octanol–water partition coefficient (Wildman–Crippen LogP) is 3.20. The van der Waals surface area contributed by atoms with Crippen molar-refractivity contribution in [1.29, 1.82) is 0 Å². The van der Waals surface area contributed by atoms with E-state index in [-0.39, 0.29) is 17.1 Å². The van der Waals surface area contributed by atoms with Crippen LogP contribution < -0.4 is 0 Å². The first-order valence-corrected chi connectivity index (χ1v) is 8.67. The minimum atomic E-state index is -3.69. The number of sulfonamides is 1. The van der Waals surface area contributed by atoms with Crippen LogP contribution in [0.1, 0.15) is 18.9 Å². The van der Waals surface area contributed by atoms with Gasteiger partial charge < -0.3 is 0 Å². The first-order valence-electron chi connectivity index (χ1n) is 7.23. The van der Waals surface area contributed by atoms with Crippen LogP contribution in [-0.2, 0) is 16.6 Å². The van der Waals surface area contributed by atoms with Gasteiger partial charge in [0.25, 0.3) is 5.69 Å². The largest absolute Gasteiger partial charge is 0.269 e. The van der Waals surface area contributed by atoms with Crippen molar-refractivity contribution in [2.24, 2.45) is 0 Å². The molecule has 0 aliphatic heterocycles. The van der Waals surface area contributed by atoms with E-state index in [0.717, 1.165) is 5.56 Å². The molecule has 2 aromatic carbocycles. The van der Waals surface area contributed by atoms with E-state index >= 15 is 0 Å². The number of hydrogen-bond acceptors (Lipinski definition) is 4. The second-order valence-electron chi connectivity index (χ2n) is 5.08. The van der Waals surface area contributed by atoms with Gasteiger partial charge in [0.1, 0.15) is 0 Å². The van der Waals surface area contributed by atoms with Gasteiger partial charge in [-0.25, -0.2) is 8.42 Å². The Balaban J connectivity index is 2.30.